The van der Waals surface area contributed by atoms with Crippen molar-refractivity contribution in [3.63, 3.8) is 0 Å². The third kappa shape index (κ3) is 4.31. The van der Waals surface area contributed by atoms with E-state index in [1.807, 2.05) is 0 Å². The molecule has 1 aromatic carbocycles. The molecule has 0 spiro atoms. The van der Waals surface area contributed by atoms with Crippen LogP contribution in [0.1, 0.15) is 30.1 Å². The minimum absolute atomic E-state index is 0.128. The van der Waals surface area contributed by atoms with Crippen molar-refractivity contribution in [3.8, 4) is 0 Å². The Morgan fingerprint density at radius 1 is 1.30 bits per heavy atom. The Kier molecular flexibility index (Phi) is 5.78. The minimum Gasteiger partial charge on any atom is -0.350 e. The average molecular weight is 339 g/mol. The van der Waals surface area contributed by atoms with Gasteiger partial charge >= 0.3 is 0 Å². The van der Waals surface area contributed by atoms with Crippen LogP contribution in [0.15, 0.2) is 29.2 Å². The van der Waals surface area contributed by atoms with Crippen LogP contribution in [-0.2, 0) is 10.0 Å². The van der Waals surface area contributed by atoms with Crippen molar-refractivity contribution in [2.45, 2.75) is 30.7 Å². The summed E-state index contributed by atoms with van der Waals surface area (Å²) in [6.07, 6.45) is 2.42. The van der Waals surface area contributed by atoms with Gasteiger partial charge in [-0.15, -0.1) is 0 Å². The van der Waals surface area contributed by atoms with Crippen molar-refractivity contribution in [3.05, 3.63) is 29.8 Å². The zero-order chi connectivity index (χ0) is 17.0. The largest absolute Gasteiger partial charge is 0.350 e. The Hall–Kier alpha value is -1.44. The number of nitrogens with zero attached hydrogens (tertiary/aromatic N) is 2. The van der Waals surface area contributed by atoms with Crippen LogP contribution in [-0.4, -0.2) is 63.3 Å². The highest BCUT2D eigenvalue weighted by atomic mass is 32.2. The van der Waals surface area contributed by atoms with Crippen LogP contribution in [0, 0.1) is 0 Å². The molecule has 1 unspecified atom stereocenters. The average Bonchev–Trinajstić information content (AvgIpc) is 3.06. The summed E-state index contributed by atoms with van der Waals surface area (Å²) >= 11 is 0. The predicted octanol–water partition coefficient (Wildman–Crippen LogP) is 1.15. The molecule has 1 N–H and O–H groups in total. The Labute approximate surface area is 138 Å². The van der Waals surface area contributed by atoms with Crippen LogP contribution in [0.4, 0.5) is 0 Å². The normalized spacial score (nSPS) is 17.4. The molecule has 0 aliphatic carbocycles. The lowest BCUT2D eigenvalue weighted by Gasteiger charge is -2.23. The van der Waals surface area contributed by atoms with Gasteiger partial charge in [0.05, 0.1) is 4.90 Å². The van der Waals surface area contributed by atoms with E-state index in [-0.39, 0.29) is 16.8 Å². The Bertz CT molecular complexity index is 652. The van der Waals surface area contributed by atoms with Crippen molar-refractivity contribution >= 4 is 15.9 Å². The van der Waals surface area contributed by atoms with Gasteiger partial charge in [0.25, 0.3) is 5.91 Å². The standard InChI is InChI=1S/C16H25N3O3S/c1-13(19-9-4-5-10-19)12-17-16(20)14-7-6-8-15(11-14)23(21,22)18(2)3/h6-8,11,13H,4-5,9-10,12H2,1-3H3,(H,17,20). The van der Waals surface area contributed by atoms with E-state index in [0.717, 1.165) is 17.4 Å². The smallest absolute Gasteiger partial charge is 0.251 e. The fraction of sp³-hybridized carbons (Fsp3) is 0.562. The highest BCUT2D eigenvalue weighted by molar-refractivity contribution is 7.89. The van der Waals surface area contributed by atoms with Gasteiger partial charge in [0, 0.05) is 32.2 Å². The first kappa shape index (κ1) is 17.9. The number of hydrogen-bond donors (Lipinski definition) is 1. The summed E-state index contributed by atoms with van der Waals surface area (Å²) in [4.78, 5) is 14.8. The second kappa shape index (κ2) is 7.42. The maximum atomic E-state index is 12.3. The molecule has 1 saturated heterocycles. The first-order valence-corrected chi connectivity index (χ1v) is 9.31. The molecule has 1 amide bonds. The van der Waals surface area contributed by atoms with Gasteiger partial charge in [-0.3, -0.25) is 9.69 Å². The highest BCUT2D eigenvalue weighted by Gasteiger charge is 2.20. The topological polar surface area (TPSA) is 69.7 Å². The number of rotatable bonds is 6. The molecule has 1 aliphatic heterocycles. The number of amides is 1. The highest BCUT2D eigenvalue weighted by Crippen LogP contribution is 2.15. The molecule has 0 aromatic heterocycles. The van der Waals surface area contributed by atoms with Crippen molar-refractivity contribution in [2.75, 3.05) is 33.7 Å². The van der Waals surface area contributed by atoms with E-state index in [4.69, 9.17) is 0 Å². The summed E-state index contributed by atoms with van der Waals surface area (Å²) in [6.45, 7) is 4.81. The number of carbonyl (C=O) groups excluding carboxylic acids is 1. The van der Waals surface area contributed by atoms with E-state index in [2.05, 4.69) is 17.1 Å². The molecule has 1 heterocycles. The molecule has 1 atom stereocenters. The number of carbonyl (C=O) groups is 1. The van der Waals surface area contributed by atoms with Gasteiger partial charge < -0.3 is 5.32 Å². The van der Waals surface area contributed by atoms with Gasteiger partial charge in [-0.1, -0.05) is 6.07 Å². The number of benzene rings is 1. The maximum absolute atomic E-state index is 12.3. The summed E-state index contributed by atoms with van der Waals surface area (Å²) in [5, 5.41) is 2.89. The van der Waals surface area contributed by atoms with Crippen LogP contribution < -0.4 is 5.32 Å². The molecule has 2 rings (SSSR count). The molecule has 0 radical (unpaired) electrons. The van der Waals surface area contributed by atoms with E-state index < -0.39 is 10.0 Å². The second-order valence-electron chi connectivity index (χ2n) is 6.12. The maximum Gasteiger partial charge on any atom is 0.251 e. The van der Waals surface area contributed by atoms with Crippen LogP contribution >= 0.6 is 0 Å². The first-order valence-electron chi connectivity index (χ1n) is 7.87. The SMILES string of the molecule is CC(CNC(=O)c1cccc(S(=O)(=O)N(C)C)c1)N1CCCC1. The molecule has 7 heteroatoms. The fourth-order valence-corrected chi connectivity index (χ4v) is 3.61. The number of nitrogens with one attached hydrogen (secondary N) is 1. The third-order valence-corrected chi connectivity index (χ3v) is 6.01. The van der Waals surface area contributed by atoms with E-state index in [9.17, 15) is 13.2 Å². The monoisotopic (exact) mass is 339 g/mol. The van der Waals surface area contributed by atoms with Gasteiger partial charge in [0.15, 0.2) is 0 Å². The zero-order valence-corrected chi connectivity index (χ0v) is 14.8. The molecule has 0 saturated carbocycles. The van der Waals surface area contributed by atoms with Crippen LogP contribution in [0.2, 0.25) is 0 Å². The van der Waals surface area contributed by atoms with E-state index >= 15 is 0 Å². The third-order valence-electron chi connectivity index (χ3n) is 4.20. The van der Waals surface area contributed by atoms with Gasteiger partial charge in [0.1, 0.15) is 0 Å². The lowest BCUT2D eigenvalue weighted by Crippen LogP contribution is -2.40. The Balaban J connectivity index is 2.02. The fourth-order valence-electron chi connectivity index (χ4n) is 2.66. The molecule has 1 aliphatic rings. The zero-order valence-electron chi connectivity index (χ0n) is 13.9. The predicted molar refractivity (Wildman–Crippen MR) is 89.9 cm³/mol. The summed E-state index contributed by atoms with van der Waals surface area (Å²) in [6, 6.07) is 6.43. The van der Waals surface area contributed by atoms with Gasteiger partial charge in [-0.25, -0.2) is 12.7 Å². The minimum atomic E-state index is -3.53. The first-order chi connectivity index (χ1) is 10.8. The summed E-state index contributed by atoms with van der Waals surface area (Å²) in [5.41, 5.74) is 0.363. The van der Waals surface area contributed by atoms with Crippen LogP contribution in [0.5, 0.6) is 0 Å². The molecular weight excluding hydrogens is 314 g/mol. The molecular formula is C16H25N3O3S. The molecule has 1 aromatic rings. The summed E-state index contributed by atoms with van der Waals surface area (Å²) < 4.78 is 25.4. The quantitative estimate of drug-likeness (QED) is 0.844. The van der Waals surface area contributed by atoms with Crippen molar-refractivity contribution in [2.24, 2.45) is 0 Å². The number of sulfonamides is 1. The molecule has 0 bridgehead atoms. The van der Waals surface area contributed by atoms with E-state index in [0.29, 0.717) is 12.1 Å². The van der Waals surface area contributed by atoms with E-state index in [1.165, 1.54) is 39.1 Å². The van der Waals surface area contributed by atoms with Crippen molar-refractivity contribution < 1.29 is 13.2 Å². The van der Waals surface area contributed by atoms with Crippen molar-refractivity contribution in [1.82, 2.24) is 14.5 Å². The summed E-state index contributed by atoms with van der Waals surface area (Å²) in [7, 11) is -0.588. The molecule has 23 heavy (non-hydrogen) atoms. The number of likely N-dealkylation sites (tertiary alicyclic amines) is 1. The lowest BCUT2D eigenvalue weighted by atomic mass is 10.2. The molecule has 6 nitrogen and oxygen atoms in total. The number of hydrogen-bond acceptors (Lipinski definition) is 4. The van der Waals surface area contributed by atoms with Gasteiger partial charge in [-0.05, 0) is 51.1 Å². The van der Waals surface area contributed by atoms with E-state index in [1.54, 1.807) is 12.1 Å². The van der Waals surface area contributed by atoms with Crippen molar-refractivity contribution in [1.29, 1.82) is 0 Å². The summed E-state index contributed by atoms with van der Waals surface area (Å²) in [5.74, 6) is -0.244. The van der Waals surface area contributed by atoms with Gasteiger partial charge in [0.2, 0.25) is 10.0 Å². The molecule has 1 fully saturated rings. The second-order valence-corrected chi connectivity index (χ2v) is 8.27. The van der Waals surface area contributed by atoms with Crippen LogP contribution in [0.3, 0.4) is 0 Å². The Morgan fingerprint density at radius 2 is 1.96 bits per heavy atom. The lowest BCUT2D eigenvalue weighted by molar-refractivity contribution is 0.0940. The molecule has 128 valence electrons. The Morgan fingerprint density at radius 3 is 2.57 bits per heavy atom. The van der Waals surface area contributed by atoms with Gasteiger partial charge in [-0.2, -0.15) is 0 Å². The van der Waals surface area contributed by atoms with Crippen LogP contribution in [0.25, 0.3) is 0 Å².